The first-order valence-electron chi connectivity index (χ1n) is 6.02. The number of hydrogen-bond donors (Lipinski definition) is 0. The smallest absolute Gasteiger partial charge is 0.260 e. The summed E-state index contributed by atoms with van der Waals surface area (Å²) in [5.74, 6) is 0. The second-order valence-electron chi connectivity index (χ2n) is 4.57. The van der Waals surface area contributed by atoms with Gasteiger partial charge in [0.25, 0.3) is 10.0 Å². The lowest BCUT2D eigenvalue weighted by molar-refractivity contribution is 0.110. The van der Waals surface area contributed by atoms with Crippen molar-refractivity contribution in [2.24, 2.45) is 7.05 Å². The van der Waals surface area contributed by atoms with E-state index in [1.54, 1.807) is 21.3 Å². The van der Waals surface area contributed by atoms with Crippen molar-refractivity contribution in [1.82, 2.24) is 14.1 Å². The molecule has 1 aliphatic rings. The number of nitrogens with zero attached hydrogens (tertiary/aromatic N) is 3. The van der Waals surface area contributed by atoms with E-state index in [1.807, 2.05) is 0 Å². The third kappa shape index (κ3) is 2.66. The summed E-state index contributed by atoms with van der Waals surface area (Å²) >= 11 is 0. The van der Waals surface area contributed by atoms with Crippen molar-refractivity contribution in [2.45, 2.75) is 23.6 Å². The van der Waals surface area contributed by atoms with E-state index in [-0.39, 0.29) is 17.2 Å². The second-order valence-corrected chi connectivity index (χ2v) is 6.41. The molecule has 1 aromatic rings. The molecule has 0 N–H and O–H groups in total. The minimum Gasteiger partial charge on any atom is -0.383 e. The number of aryl methyl sites for hydroxylation is 1. The largest absolute Gasteiger partial charge is 0.383 e. The van der Waals surface area contributed by atoms with Gasteiger partial charge in [0.05, 0.1) is 24.9 Å². The molecule has 0 aromatic carbocycles. The van der Waals surface area contributed by atoms with Gasteiger partial charge in [-0.05, 0) is 12.5 Å². The van der Waals surface area contributed by atoms with Crippen molar-refractivity contribution >= 4 is 10.0 Å². The third-order valence-electron chi connectivity index (χ3n) is 3.37. The van der Waals surface area contributed by atoms with E-state index >= 15 is 0 Å². The summed E-state index contributed by atoms with van der Waals surface area (Å²) in [5, 5.41) is 4.10. The average Bonchev–Trinajstić information content (AvgIpc) is 2.96. The van der Waals surface area contributed by atoms with Crippen molar-refractivity contribution in [3.8, 4) is 0 Å². The molecule has 7 nitrogen and oxygen atoms in total. The number of ether oxygens (including phenoxy) is 2. The first kappa shape index (κ1) is 14.4. The Morgan fingerprint density at radius 2 is 2.21 bits per heavy atom. The van der Waals surface area contributed by atoms with Gasteiger partial charge in [0.2, 0.25) is 0 Å². The highest BCUT2D eigenvalue weighted by Crippen LogP contribution is 2.27. The van der Waals surface area contributed by atoms with Crippen LogP contribution in [0.5, 0.6) is 0 Å². The number of aromatic nitrogens is 2. The molecule has 0 unspecified atom stereocenters. The zero-order chi connectivity index (χ0) is 14.0. The normalized spacial score (nSPS) is 25.0. The lowest BCUT2D eigenvalue weighted by atomic mass is 10.2. The molecule has 1 aliphatic heterocycles. The van der Waals surface area contributed by atoms with Crippen LogP contribution in [0.4, 0.5) is 0 Å². The van der Waals surface area contributed by atoms with Gasteiger partial charge >= 0.3 is 0 Å². The highest BCUT2D eigenvalue weighted by atomic mass is 32.2. The first-order chi connectivity index (χ1) is 9.00. The van der Waals surface area contributed by atoms with Crippen molar-refractivity contribution < 1.29 is 17.9 Å². The van der Waals surface area contributed by atoms with Crippen LogP contribution in [-0.4, -0.2) is 62.0 Å². The summed E-state index contributed by atoms with van der Waals surface area (Å²) in [6.07, 6.45) is 2.02. The molecule has 0 amide bonds. The Balaban J connectivity index is 2.30. The van der Waals surface area contributed by atoms with E-state index in [1.165, 1.54) is 21.3 Å². The van der Waals surface area contributed by atoms with Gasteiger partial charge in [0.1, 0.15) is 0 Å². The van der Waals surface area contributed by atoms with Crippen molar-refractivity contribution in [3.63, 3.8) is 0 Å². The highest BCUT2D eigenvalue weighted by molar-refractivity contribution is 7.89. The minimum absolute atomic E-state index is 0.0943. The topological polar surface area (TPSA) is 73.7 Å². The van der Waals surface area contributed by atoms with Gasteiger partial charge < -0.3 is 9.47 Å². The van der Waals surface area contributed by atoms with E-state index < -0.39 is 10.0 Å². The molecular weight excluding hydrogens is 270 g/mol. The van der Waals surface area contributed by atoms with Crippen LogP contribution in [0.15, 0.2) is 17.3 Å². The fraction of sp³-hybridized carbons (Fsp3) is 0.727. The van der Waals surface area contributed by atoms with Gasteiger partial charge in [0, 0.05) is 27.8 Å². The number of methoxy groups -OCH3 is 2. The summed E-state index contributed by atoms with van der Waals surface area (Å²) in [6.45, 7) is 0.703. The predicted molar refractivity (Wildman–Crippen MR) is 68.2 cm³/mol. The molecule has 2 rings (SSSR count). The molecular formula is C11H19N3O4S. The molecule has 19 heavy (non-hydrogen) atoms. The van der Waals surface area contributed by atoms with E-state index in [0.29, 0.717) is 19.6 Å². The minimum atomic E-state index is -3.57. The lowest BCUT2D eigenvalue weighted by Crippen LogP contribution is -2.39. The predicted octanol–water partition coefficient (Wildman–Crippen LogP) is -0.155. The van der Waals surface area contributed by atoms with E-state index in [2.05, 4.69) is 5.10 Å². The maximum Gasteiger partial charge on any atom is 0.260 e. The Bertz CT molecular complexity index is 528. The third-order valence-corrected chi connectivity index (χ3v) is 5.36. The van der Waals surface area contributed by atoms with E-state index in [0.717, 1.165) is 0 Å². The van der Waals surface area contributed by atoms with Crippen molar-refractivity contribution in [1.29, 1.82) is 0 Å². The Morgan fingerprint density at radius 1 is 1.47 bits per heavy atom. The van der Waals surface area contributed by atoms with Crippen LogP contribution in [0, 0.1) is 0 Å². The molecule has 0 spiro atoms. The summed E-state index contributed by atoms with van der Waals surface area (Å²) in [5.41, 5.74) is 0. The standard InChI is InChI=1S/C11H19N3O4S/c1-13-11(4-5-12-13)19(15,16)14-7-10(18-3)6-9(14)8-17-2/h4-5,9-10H,6-8H2,1-3H3/t9-,10+/m0/s1. The molecule has 0 saturated carbocycles. The molecule has 108 valence electrons. The van der Waals surface area contributed by atoms with Gasteiger partial charge in [-0.15, -0.1) is 0 Å². The van der Waals surface area contributed by atoms with E-state index in [9.17, 15) is 8.42 Å². The number of hydrogen-bond acceptors (Lipinski definition) is 5. The maximum absolute atomic E-state index is 12.6. The average molecular weight is 289 g/mol. The van der Waals surface area contributed by atoms with Crippen LogP contribution in [0.1, 0.15) is 6.42 Å². The van der Waals surface area contributed by atoms with Gasteiger partial charge in [-0.3, -0.25) is 4.68 Å². The Hall–Kier alpha value is -0.960. The van der Waals surface area contributed by atoms with Crippen molar-refractivity contribution in [3.05, 3.63) is 12.3 Å². The SMILES string of the molecule is COC[C@@H]1C[C@@H](OC)CN1S(=O)(=O)c1ccnn1C. The molecule has 1 aromatic heterocycles. The quantitative estimate of drug-likeness (QED) is 0.753. The molecule has 1 fully saturated rings. The van der Waals surface area contributed by atoms with Crippen LogP contribution in [0.25, 0.3) is 0 Å². The molecule has 2 atom stereocenters. The van der Waals surface area contributed by atoms with Crippen LogP contribution in [-0.2, 0) is 26.5 Å². The number of rotatable bonds is 5. The summed E-state index contributed by atoms with van der Waals surface area (Å²) in [4.78, 5) is 0. The van der Waals surface area contributed by atoms with E-state index in [4.69, 9.17) is 9.47 Å². The first-order valence-corrected chi connectivity index (χ1v) is 7.46. The van der Waals surface area contributed by atoms with Crippen LogP contribution in [0.2, 0.25) is 0 Å². The second kappa shape index (κ2) is 5.58. The lowest BCUT2D eigenvalue weighted by Gasteiger charge is -2.22. The fourth-order valence-corrected chi connectivity index (χ4v) is 4.15. The van der Waals surface area contributed by atoms with Gasteiger partial charge in [-0.25, -0.2) is 8.42 Å². The zero-order valence-electron chi connectivity index (χ0n) is 11.3. The monoisotopic (exact) mass is 289 g/mol. The summed E-state index contributed by atoms with van der Waals surface area (Å²) in [7, 11) is 1.20. The molecule has 8 heteroatoms. The summed E-state index contributed by atoms with van der Waals surface area (Å²) < 4.78 is 38.4. The van der Waals surface area contributed by atoms with Gasteiger partial charge in [0.15, 0.2) is 5.03 Å². The van der Waals surface area contributed by atoms with Crippen LogP contribution in [0.3, 0.4) is 0 Å². The van der Waals surface area contributed by atoms with Gasteiger partial charge in [-0.2, -0.15) is 9.40 Å². The van der Waals surface area contributed by atoms with Gasteiger partial charge in [-0.1, -0.05) is 0 Å². The van der Waals surface area contributed by atoms with Crippen LogP contribution >= 0.6 is 0 Å². The molecule has 2 heterocycles. The highest BCUT2D eigenvalue weighted by Gasteiger charge is 2.41. The fourth-order valence-electron chi connectivity index (χ4n) is 2.39. The molecule has 0 radical (unpaired) electrons. The van der Waals surface area contributed by atoms with Crippen molar-refractivity contribution in [2.75, 3.05) is 27.4 Å². The Kier molecular flexibility index (Phi) is 4.24. The number of sulfonamides is 1. The zero-order valence-corrected chi connectivity index (χ0v) is 12.1. The molecule has 0 aliphatic carbocycles. The maximum atomic E-state index is 12.6. The Labute approximate surface area is 113 Å². The molecule has 0 bridgehead atoms. The molecule has 1 saturated heterocycles. The summed E-state index contributed by atoms with van der Waals surface area (Å²) in [6, 6.07) is 1.30. The Morgan fingerprint density at radius 3 is 2.74 bits per heavy atom. The van der Waals surface area contributed by atoms with Crippen LogP contribution < -0.4 is 0 Å².